The Balaban J connectivity index is 0.954. The molecule has 310 valence electrons. The van der Waals surface area contributed by atoms with Crippen LogP contribution in [0, 0.1) is 0 Å². The van der Waals surface area contributed by atoms with Crippen LogP contribution in [0.5, 0.6) is 0 Å². The summed E-state index contributed by atoms with van der Waals surface area (Å²) >= 11 is 0. The minimum Gasteiger partial charge on any atom is -0.311 e. The third kappa shape index (κ3) is 7.13. The summed E-state index contributed by atoms with van der Waals surface area (Å²) in [5, 5.41) is 5.44. The van der Waals surface area contributed by atoms with Gasteiger partial charge in [0.2, 0.25) is 0 Å². The fraction of sp³-hybridized carbons (Fsp3) is 0.0476. The first-order chi connectivity index (χ1) is 32.0. The van der Waals surface area contributed by atoms with Gasteiger partial charge in [0.25, 0.3) is 0 Å². The van der Waals surface area contributed by atoms with Crippen molar-refractivity contribution >= 4 is 45.9 Å². The van der Waals surface area contributed by atoms with Gasteiger partial charge >= 0.3 is 0 Å². The topological polar surface area (TPSA) is 3.24 Å². The monoisotopic (exact) mass is 847 g/mol. The van der Waals surface area contributed by atoms with Gasteiger partial charge in [0.1, 0.15) is 0 Å². The first kappa shape index (κ1) is 40.0. The summed E-state index contributed by atoms with van der Waals surface area (Å²) in [6, 6.07) is 96.4. The van der Waals surface area contributed by atoms with E-state index in [1.54, 1.807) is 0 Å². The van der Waals surface area contributed by atoms with E-state index in [0.29, 0.717) is 0 Å². The molecule has 10 aromatic rings. The third-order valence-electron chi connectivity index (χ3n) is 13.7. The molecule has 0 heterocycles. The second kappa shape index (κ2) is 16.7. The van der Waals surface area contributed by atoms with Crippen molar-refractivity contribution in [1.82, 2.24) is 0 Å². The minimum absolute atomic E-state index is 0.0255. The summed E-state index contributed by atoms with van der Waals surface area (Å²) in [7, 11) is -2.68. The van der Waals surface area contributed by atoms with E-state index in [9.17, 15) is 0 Å². The maximum absolute atomic E-state index is 2.68. The Morgan fingerprint density at radius 2 is 0.600 bits per heavy atom. The zero-order valence-corrected chi connectivity index (χ0v) is 37.8. The van der Waals surface area contributed by atoms with Crippen LogP contribution in [0.25, 0.3) is 44.5 Å². The third-order valence-corrected chi connectivity index (χ3v) is 18.5. The van der Waals surface area contributed by atoms with Gasteiger partial charge in [0.15, 0.2) is 8.07 Å². The Morgan fingerprint density at radius 3 is 1.08 bits per heavy atom. The summed E-state index contributed by atoms with van der Waals surface area (Å²) in [6.45, 7) is 4.69. The molecule has 0 spiro atoms. The summed E-state index contributed by atoms with van der Waals surface area (Å²) in [5.41, 5.74) is 16.1. The highest BCUT2D eigenvalue weighted by molar-refractivity contribution is 7.19. The Hall–Kier alpha value is -7.78. The molecule has 0 aliphatic heterocycles. The van der Waals surface area contributed by atoms with Crippen LogP contribution >= 0.6 is 0 Å². The number of anilines is 3. The summed E-state index contributed by atoms with van der Waals surface area (Å²) < 4.78 is 0. The lowest BCUT2D eigenvalue weighted by Crippen LogP contribution is -2.74. The van der Waals surface area contributed by atoms with E-state index in [1.165, 1.54) is 76.4 Å². The first-order valence-corrected chi connectivity index (χ1v) is 24.7. The molecule has 0 unspecified atom stereocenters. The zero-order valence-electron chi connectivity index (χ0n) is 36.8. The first-order valence-electron chi connectivity index (χ1n) is 22.7. The molecule has 2 heteroatoms. The molecule has 10 aromatic carbocycles. The Morgan fingerprint density at radius 1 is 0.277 bits per heavy atom. The smallest absolute Gasteiger partial charge is 0.179 e. The van der Waals surface area contributed by atoms with E-state index >= 15 is 0 Å². The molecule has 1 aliphatic carbocycles. The van der Waals surface area contributed by atoms with Crippen molar-refractivity contribution in [3.8, 4) is 44.5 Å². The molecule has 0 saturated heterocycles. The summed E-state index contributed by atoms with van der Waals surface area (Å²) in [4.78, 5) is 2.38. The molecule has 1 nitrogen and oxygen atoms in total. The van der Waals surface area contributed by atoms with Gasteiger partial charge in [-0.15, -0.1) is 0 Å². The normalized spacial score (nSPS) is 12.6. The van der Waals surface area contributed by atoms with Crippen LogP contribution in [0.1, 0.15) is 25.0 Å². The predicted octanol–water partition coefficient (Wildman–Crippen LogP) is 13.8. The largest absolute Gasteiger partial charge is 0.311 e. The molecular weight excluding hydrogens is 799 g/mol. The maximum Gasteiger partial charge on any atom is 0.179 e. The van der Waals surface area contributed by atoms with E-state index in [0.717, 1.165) is 17.1 Å². The van der Waals surface area contributed by atoms with Gasteiger partial charge in [0, 0.05) is 22.5 Å². The van der Waals surface area contributed by atoms with Crippen LogP contribution in [-0.2, 0) is 5.41 Å². The van der Waals surface area contributed by atoms with Crippen molar-refractivity contribution in [3.05, 3.63) is 272 Å². The van der Waals surface area contributed by atoms with Crippen molar-refractivity contribution in [1.29, 1.82) is 0 Å². The van der Waals surface area contributed by atoms with Gasteiger partial charge < -0.3 is 4.90 Å². The number of hydrogen-bond donors (Lipinski definition) is 0. The van der Waals surface area contributed by atoms with Gasteiger partial charge in [-0.05, 0) is 119 Å². The van der Waals surface area contributed by atoms with Gasteiger partial charge in [-0.2, -0.15) is 0 Å². The number of nitrogens with zero attached hydrogens (tertiary/aromatic N) is 1. The number of fused-ring (bicyclic) bond motifs is 3. The molecule has 0 fully saturated rings. The van der Waals surface area contributed by atoms with Crippen molar-refractivity contribution in [2.24, 2.45) is 0 Å². The molecule has 0 amide bonds. The van der Waals surface area contributed by atoms with Crippen molar-refractivity contribution in [3.63, 3.8) is 0 Å². The lowest BCUT2D eigenvalue weighted by Gasteiger charge is -2.35. The average Bonchev–Trinajstić information content (AvgIpc) is 3.61. The van der Waals surface area contributed by atoms with Crippen LogP contribution in [0.3, 0.4) is 0 Å². The van der Waals surface area contributed by atoms with Crippen LogP contribution in [0.15, 0.2) is 261 Å². The van der Waals surface area contributed by atoms with E-state index in [-0.39, 0.29) is 5.41 Å². The molecule has 65 heavy (non-hydrogen) atoms. The SMILES string of the molecule is CC1(C)c2ccccc2-c2ccc(-c3ccc(-c4ccc(N(c5ccc(-c6ccccc6)cc5)c5ccc([Si](c6ccccc6)(c6ccccc6)c6ccccc6)cc5)cc4)cc3)cc21. The molecule has 0 atom stereocenters. The van der Waals surface area contributed by atoms with Gasteiger partial charge in [-0.25, -0.2) is 0 Å². The highest BCUT2D eigenvalue weighted by atomic mass is 28.3. The van der Waals surface area contributed by atoms with Gasteiger partial charge in [-0.3, -0.25) is 0 Å². The van der Waals surface area contributed by atoms with E-state index < -0.39 is 8.07 Å². The molecule has 0 bridgehead atoms. The zero-order chi connectivity index (χ0) is 43.8. The van der Waals surface area contributed by atoms with E-state index in [1.807, 2.05) is 0 Å². The fourth-order valence-corrected chi connectivity index (χ4v) is 15.1. The summed E-state index contributed by atoms with van der Waals surface area (Å²) in [5.74, 6) is 0. The standard InChI is InChI=1S/C63H49NSi/c1-63(2)61-26-16-15-25-59(61)60-44-35-51(45-62(60)63)50-29-27-47(28-30-50)49-33-38-53(39-34-49)64(52-36-31-48(32-37-52)46-17-7-3-8-18-46)54-40-42-58(43-41-54)65(55-19-9-4-10-20-55,56-21-11-5-12-22-56)57-23-13-6-14-24-57/h3-45H,1-2H3. The highest BCUT2D eigenvalue weighted by Crippen LogP contribution is 2.49. The lowest BCUT2D eigenvalue weighted by atomic mass is 9.81. The molecule has 0 N–H and O–H groups in total. The molecule has 0 saturated carbocycles. The van der Waals surface area contributed by atoms with E-state index in [4.69, 9.17) is 0 Å². The summed E-state index contributed by atoms with van der Waals surface area (Å²) in [6.07, 6.45) is 0. The second-order valence-electron chi connectivity index (χ2n) is 17.7. The van der Waals surface area contributed by atoms with Gasteiger partial charge in [0.05, 0.1) is 0 Å². The van der Waals surface area contributed by atoms with E-state index in [2.05, 4.69) is 280 Å². The second-order valence-corrected chi connectivity index (χ2v) is 21.5. The lowest BCUT2D eigenvalue weighted by molar-refractivity contribution is 0.660. The quantitative estimate of drug-likeness (QED) is 0.0979. The predicted molar refractivity (Wildman–Crippen MR) is 279 cm³/mol. The number of benzene rings is 10. The van der Waals surface area contributed by atoms with Gasteiger partial charge in [-0.1, -0.05) is 232 Å². The molecular formula is C63H49NSi. The Bertz CT molecular complexity index is 3120. The average molecular weight is 848 g/mol. The Kier molecular flexibility index (Phi) is 10.3. The van der Waals surface area contributed by atoms with Crippen molar-refractivity contribution in [2.75, 3.05) is 4.90 Å². The van der Waals surface area contributed by atoms with Crippen LogP contribution < -0.4 is 25.6 Å². The van der Waals surface area contributed by atoms with Crippen LogP contribution in [-0.4, -0.2) is 8.07 Å². The van der Waals surface area contributed by atoms with Crippen LogP contribution in [0.2, 0.25) is 0 Å². The van der Waals surface area contributed by atoms with Crippen molar-refractivity contribution < 1.29 is 0 Å². The minimum atomic E-state index is -2.68. The van der Waals surface area contributed by atoms with Crippen molar-refractivity contribution in [2.45, 2.75) is 19.3 Å². The maximum atomic E-state index is 2.40. The molecule has 1 aliphatic rings. The fourth-order valence-electron chi connectivity index (χ4n) is 10.3. The molecule has 0 aromatic heterocycles. The Labute approximate surface area is 384 Å². The molecule has 11 rings (SSSR count). The van der Waals surface area contributed by atoms with Crippen LogP contribution in [0.4, 0.5) is 17.1 Å². The number of hydrogen-bond acceptors (Lipinski definition) is 1. The highest BCUT2D eigenvalue weighted by Gasteiger charge is 2.41. The number of rotatable bonds is 10. The molecule has 0 radical (unpaired) electrons.